The standard InChI is InChI=1S/C14H22N2O2S/c1-11-3-4-12(9-11)10-16-13-5-7-14(8-6-13)19(17,18)15-2/h5-8,11-12,15-16H,3-4,9-10H2,1-2H3. The van der Waals surface area contributed by atoms with Crippen molar-refractivity contribution in [1.82, 2.24) is 4.72 Å². The summed E-state index contributed by atoms with van der Waals surface area (Å²) in [6.45, 7) is 3.28. The first-order valence-electron chi connectivity index (χ1n) is 6.79. The van der Waals surface area contributed by atoms with Gasteiger partial charge in [-0.3, -0.25) is 0 Å². The number of sulfonamides is 1. The van der Waals surface area contributed by atoms with Crippen molar-refractivity contribution in [2.45, 2.75) is 31.1 Å². The minimum Gasteiger partial charge on any atom is -0.385 e. The van der Waals surface area contributed by atoms with E-state index in [-0.39, 0.29) is 0 Å². The van der Waals surface area contributed by atoms with E-state index in [1.54, 1.807) is 12.1 Å². The summed E-state index contributed by atoms with van der Waals surface area (Å²) >= 11 is 0. The third kappa shape index (κ3) is 3.70. The summed E-state index contributed by atoms with van der Waals surface area (Å²) in [7, 11) is -1.91. The predicted molar refractivity (Wildman–Crippen MR) is 77.7 cm³/mol. The van der Waals surface area contributed by atoms with Gasteiger partial charge in [0.25, 0.3) is 0 Å². The molecule has 0 bridgehead atoms. The lowest BCUT2D eigenvalue weighted by atomic mass is 10.1. The molecule has 1 aliphatic carbocycles. The molecule has 0 spiro atoms. The number of hydrogen-bond donors (Lipinski definition) is 2. The Bertz CT molecular complexity index is 511. The van der Waals surface area contributed by atoms with E-state index in [1.807, 2.05) is 12.1 Å². The van der Waals surface area contributed by atoms with E-state index in [0.29, 0.717) is 4.90 Å². The van der Waals surface area contributed by atoms with Crippen molar-refractivity contribution in [3.8, 4) is 0 Å². The van der Waals surface area contributed by atoms with Crippen molar-refractivity contribution >= 4 is 15.7 Å². The minimum atomic E-state index is -3.33. The molecule has 0 aliphatic heterocycles. The zero-order chi connectivity index (χ0) is 13.9. The second-order valence-corrected chi connectivity index (χ2v) is 7.28. The molecule has 2 rings (SSSR count). The number of rotatable bonds is 5. The Kier molecular flexibility index (Phi) is 4.47. The normalized spacial score (nSPS) is 23.5. The monoisotopic (exact) mass is 282 g/mol. The quantitative estimate of drug-likeness (QED) is 0.872. The number of nitrogens with one attached hydrogen (secondary N) is 2. The maximum atomic E-state index is 11.6. The molecule has 4 nitrogen and oxygen atoms in total. The lowest BCUT2D eigenvalue weighted by molar-refractivity contribution is 0.537. The van der Waals surface area contributed by atoms with E-state index in [1.165, 1.54) is 26.3 Å². The molecular weight excluding hydrogens is 260 g/mol. The molecule has 0 aromatic heterocycles. The maximum absolute atomic E-state index is 11.6. The zero-order valence-electron chi connectivity index (χ0n) is 11.5. The molecule has 2 unspecified atom stereocenters. The molecule has 1 aromatic carbocycles. The Hall–Kier alpha value is -1.07. The largest absolute Gasteiger partial charge is 0.385 e. The molecule has 5 heteroatoms. The fourth-order valence-corrected chi connectivity index (χ4v) is 3.37. The molecule has 1 fully saturated rings. The van der Waals surface area contributed by atoms with Gasteiger partial charge in [-0.2, -0.15) is 0 Å². The van der Waals surface area contributed by atoms with Crippen LogP contribution in [0.15, 0.2) is 29.2 Å². The minimum absolute atomic E-state index is 0.301. The van der Waals surface area contributed by atoms with Gasteiger partial charge in [-0.05, 0) is 56.0 Å². The van der Waals surface area contributed by atoms with Crippen molar-refractivity contribution < 1.29 is 8.42 Å². The molecule has 1 aromatic rings. The average Bonchev–Trinajstić information content (AvgIpc) is 2.83. The topological polar surface area (TPSA) is 58.2 Å². The molecule has 2 atom stereocenters. The van der Waals surface area contributed by atoms with Crippen molar-refractivity contribution in [2.24, 2.45) is 11.8 Å². The van der Waals surface area contributed by atoms with Gasteiger partial charge in [0.05, 0.1) is 4.90 Å². The Morgan fingerprint density at radius 1 is 1.21 bits per heavy atom. The third-order valence-corrected chi connectivity index (χ3v) is 5.26. The average molecular weight is 282 g/mol. The van der Waals surface area contributed by atoms with E-state index in [4.69, 9.17) is 0 Å². The lowest BCUT2D eigenvalue weighted by Crippen LogP contribution is -2.18. The van der Waals surface area contributed by atoms with E-state index in [0.717, 1.165) is 24.1 Å². The van der Waals surface area contributed by atoms with Crippen LogP contribution in [0.3, 0.4) is 0 Å². The first kappa shape index (κ1) is 14.3. The van der Waals surface area contributed by atoms with Gasteiger partial charge < -0.3 is 5.32 Å². The fraction of sp³-hybridized carbons (Fsp3) is 0.571. The molecule has 106 valence electrons. The zero-order valence-corrected chi connectivity index (χ0v) is 12.3. The van der Waals surface area contributed by atoms with Crippen LogP contribution >= 0.6 is 0 Å². The van der Waals surface area contributed by atoms with Gasteiger partial charge in [-0.25, -0.2) is 13.1 Å². The molecule has 19 heavy (non-hydrogen) atoms. The summed E-state index contributed by atoms with van der Waals surface area (Å²) in [5, 5.41) is 3.39. The summed E-state index contributed by atoms with van der Waals surface area (Å²) in [5.74, 6) is 1.59. The molecule has 0 amide bonds. The highest BCUT2D eigenvalue weighted by Gasteiger charge is 2.20. The van der Waals surface area contributed by atoms with Gasteiger partial charge in [0.1, 0.15) is 0 Å². The maximum Gasteiger partial charge on any atom is 0.240 e. The summed E-state index contributed by atoms with van der Waals surface area (Å²) in [5.41, 5.74) is 0.981. The predicted octanol–water partition coefficient (Wildman–Crippen LogP) is 2.44. The molecule has 0 saturated heterocycles. The Labute approximate surface area is 115 Å². The van der Waals surface area contributed by atoms with Crippen LogP contribution in [0.4, 0.5) is 5.69 Å². The van der Waals surface area contributed by atoms with Crippen LogP contribution < -0.4 is 10.0 Å². The highest BCUT2D eigenvalue weighted by molar-refractivity contribution is 7.89. The van der Waals surface area contributed by atoms with Crippen molar-refractivity contribution in [2.75, 3.05) is 18.9 Å². The smallest absolute Gasteiger partial charge is 0.240 e. The number of hydrogen-bond acceptors (Lipinski definition) is 3. The molecular formula is C14H22N2O2S. The van der Waals surface area contributed by atoms with Gasteiger partial charge in [-0.1, -0.05) is 13.3 Å². The van der Waals surface area contributed by atoms with Crippen LogP contribution in [0.1, 0.15) is 26.2 Å². The highest BCUT2D eigenvalue weighted by atomic mass is 32.2. The van der Waals surface area contributed by atoms with E-state index >= 15 is 0 Å². The summed E-state index contributed by atoms with van der Waals surface area (Å²) in [4.78, 5) is 0.301. The Morgan fingerprint density at radius 2 is 1.89 bits per heavy atom. The molecule has 1 aliphatic rings. The van der Waals surface area contributed by atoms with Gasteiger partial charge in [0.15, 0.2) is 0 Å². The van der Waals surface area contributed by atoms with Crippen LogP contribution in [-0.2, 0) is 10.0 Å². The number of benzene rings is 1. The summed E-state index contributed by atoms with van der Waals surface area (Å²) < 4.78 is 25.5. The van der Waals surface area contributed by atoms with Gasteiger partial charge in [0.2, 0.25) is 10.0 Å². The van der Waals surface area contributed by atoms with Gasteiger partial charge in [-0.15, -0.1) is 0 Å². The van der Waals surface area contributed by atoms with Crippen LogP contribution in [0.25, 0.3) is 0 Å². The van der Waals surface area contributed by atoms with Crippen molar-refractivity contribution in [1.29, 1.82) is 0 Å². The van der Waals surface area contributed by atoms with Crippen LogP contribution in [-0.4, -0.2) is 22.0 Å². The van der Waals surface area contributed by atoms with Crippen molar-refractivity contribution in [3.05, 3.63) is 24.3 Å². The second-order valence-electron chi connectivity index (χ2n) is 5.40. The van der Waals surface area contributed by atoms with E-state index in [2.05, 4.69) is 17.0 Å². The Balaban J connectivity index is 1.92. The van der Waals surface area contributed by atoms with Crippen LogP contribution in [0.2, 0.25) is 0 Å². The molecule has 1 saturated carbocycles. The summed E-state index contributed by atoms with van der Waals surface area (Å²) in [6.07, 6.45) is 3.91. The molecule has 2 N–H and O–H groups in total. The third-order valence-electron chi connectivity index (χ3n) is 3.83. The van der Waals surface area contributed by atoms with Crippen LogP contribution in [0, 0.1) is 11.8 Å². The summed E-state index contributed by atoms with van der Waals surface area (Å²) in [6, 6.07) is 6.90. The Morgan fingerprint density at radius 3 is 2.42 bits per heavy atom. The SMILES string of the molecule is CNS(=O)(=O)c1ccc(NCC2CCC(C)C2)cc1. The first-order chi connectivity index (χ1) is 9.01. The van der Waals surface area contributed by atoms with Crippen LogP contribution in [0.5, 0.6) is 0 Å². The molecule has 0 heterocycles. The highest BCUT2D eigenvalue weighted by Crippen LogP contribution is 2.30. The van der Waals surface area contributed by atoms with Crippen molar-refractivity contribution in [3.63, 3.8) is 0 Å². The molecule has 0 radical (unpaired) electrons. The van der Waals surface area contributed by atoms with Gasteiger partial charge in [0, 0.05) is 12.2 Å². The van der Waals surface area contributed by atoms with Gasteiger partial charge >= 0.3 is 0 Å². The van der Waals surface area contributed by atoms with E-state index < -0.39 is 10.0 Å². The van der Waals surface area contributed by atoms with E-state index in [9.17, 15) is 8.42 Å². The lowest BCUT2D eigenvalue weighted by Gasteiger charge is -2.12. The second kappa shape index (κ2) is 5.92. The fourth-order valence-electron chi connectivity index (χ4n) is 2.64. The first-order valence-corrected chi connectivity index (χ1v) is 8.27. The number of anilines is 1.